The standard InChI is InChI=1S/C12H10ClF3O2/c1-2-18-11(17)7-10(12(14,15)16)8-3-5-9(13)6-4-8/h3-7H,2H2,1H3/b10-7+. The molecule has 0 N–H and O–H groups in total. The van der Waals surface area contributed by atoms with Gasteiger partial charge in [0.25, 0.3) is 0 Å². The number of hydrogen-bond donors (Lipinski definition) is 0. The van der Waals surface area contributed by atoms with Gasteiger partial charge in [0.05, 0.1) is 12.2 Å². The summed E-state index contributed by atoms with van der Waals surface area (Å²) in [6.07, 6.45) is -4.20. The Morgan fingerprint density at radius 2 is 1.89 bits per heavy atom. The summed E-state index contributed by atoms with van der Waals surface area (Å²) < 4.78 is 42.9. The molecule has 0 atom stereocenters. The zero-order valence-electron chi connectivity index (χ0n) is 9.42. The Morgan fingerprint density at radius 1 is 1.33 bits per heavy atom. The molecule has 0 heterocycles. The zero-order valence-corrected chi connectivity index (χ0v) is 10.2. The number of hydrogen-bond acceptors (Lipinski definition) is 2. The van der Waals surface area contributed by atoms with Crippen molar-refractivity contribution in [1.29, 1.82) is 0 Å². The topological polar surface area (TPSA) is 26.3 Å². The molecule has 0 saturated carbocycles. The van der Waals surface area contributed by atoms with Crippen LogP contribution in [0.3, 0.4) is 0 Å². The van der Waals surface area contributed by atoms with Crippen LogP contribution in [0, 0.1) is 0 Å². The third-order valence-electron chi connectivity index (χ3n) is 2.01. The van der Waals surface area contributed by atoms with Crippen LogP contribution in [0.15, 0.2) is 30.3 Å². The molecule has 0 spiro atoms. The Hall–Kier alpha value is -1.49. The van der Waals surface area contributed by atoms with Crippen LogP contribution in [0.5, 0.6) is 0 Å². The van der Waals surface area contributed by atoms with Crippen molar-refractivity contribution in [3.63, 3.8) is 0 Å². The van der Waals surface area contributed by atoms with Crippen LogP contribution in [0.1, 0.15) is 12.5 Å². The fourth-order valence-electron chi connectivity index (χ4n) is 1.26. The molecule has 0 aliphatic carbocycles. The van der Waals surface area contributed by atoms with Gasteiger partial charge in [-0.15, -0.1) is 0 Å². The van der Waals surface area contributed by atoms with E-state index in [1.165, 1.54) is 31.2 Å². The quantitative estimate of drug-likeness (QED) is 0.620. The van der Waals surface area contributed by atoms with Gasteiger partial charge >= 0.3 is 12.1 Å². The number of carbonyl (C=O) groups excluding carboxylic acids is 1. The van der Waals surface area contributed by atoms with Crippen molar-refractivity contribution >= 4 is 23.1 Å². The van der Waals surface area contributed by atoms with Gasteiger partial charge in [0, 0.05) is 11.1 Å². The van der Waals surface area contributed by atoms with Gasteiger partial charge in [-0.2, -0.15) is 13.2 Å². The van der Waals surface area contributed by atoms with E-state index in [1.807, 2.05) is 0 Å². The van der Waals surface area contributed by atoms with Crippen molar-refractivity contribution in [3.05, 3.63) is 40.9 Å². The molecule has 0 unspecified atom stereocenters. The molecule has 0 aliphatic rings. The first kappa shape index (κ1) is 14.6. The molecule has 0 amide bonds. The van der Waals surface area contributed by atoms with Crippen LogP contribution in [-0.2, 0) is 9.53 Å². The Bertz CT molecular complexity index is 449. The maximum Gasteiger partial charge on any atom is 0.417 e. The number of benzene rings is 1. The van der Waals surface area contributed by atoms with E-state index in [9.17, 15) is 18.0 Å². The van der Waals surface area contributed by atoms with Gasteiger partial charge in [0.15, 0.2) is 0 Å². The lowest BCUT2D eigenvalue weighted by atomic mass is 10.1. The molecule has 2 nitrogen and oxygen atoms in total. The summed E-state index contributed by atoms with van der Waals surface area (Å²) in [5.74, 6) is -1.03. The molecule has 6 heteroatoms. The van der Waals surface area contributed by atoms with Gasteiger partial charge in [-0.3, -0.25) is 0 Å². The summed E-state index contributed by atoms with van der Waals surface area (Å²) in [6.45, 7) is 1.53. The minimum Gasteiger partial charge on any atom is -0.463 e. The smallest absolute Gasteiger partial charge is 0.417 e. The van der Waals surface area contributed by atoms with Crippen molar-refractivity contribution in [2.45, 2.75) is 13.1 Å². The summed E-state index contributed by atoms with van der Waals surface area (Å²) in [7, 11) is 0. The molecule has 1 rings (SSSR count). The minimum atomic E-state index is -4.64. The van der Waals surface area contributed by atoms with Crippen LogP contribution in [0.2, 0.25) is 5.02 Å². The maximum atomic E-state index is 12.8. The number of alkyl halides is 3. The first-order valence-electron chi connectivity index (χ1n) is 5.06. The fourth-order valence-corrected chi connectivity index (χ4v) is 1.39. The summed E-state index contributed by atoms with van der Waals surface area (Å²) in [5, 5.41) is 0.316. The summed E-state index contributed by atoms with van der Waals surface area (Å²) in [5.41, 5.74) is -1.20. The highest BCUT2D eigenvalue weighted by Crippen LogP contribution is 2.34. The maximum absolute atomic E-state index is 12.8. The van der Waals surface area contributed by atoms with Crippen LogP contribution in [0.4, 0.5) is 13.2 Å². The van der Waals surface area contributed by atoms with E-state index in [0.717, 1.165) is 0 Å². The number of halogens is 4. The molecule has 1 aromatic carbocycles. The van der Waals surface area contributed by atoms with Gasteiger partial charge in [-0.1, -0.05) is 23.7 Å². The second-order valence-corrected chi connectivity index (χ2v) is 3.75. The molecule has 0 saturated heterocycles. The van der Waals surface area contributed by atoms with E-state index in [1.54, 1.807) is 0 Å². The lowest BCUT2D eigenvalue weighted by Crippen LogP contribution is -2.13. The third-order valence-corrected chi connectivity index (χ3v) is 2.26. The second kappa shape index (κ2) is 5.91. The Balaban J connectivity index is 3.14. The molecule has 0 aliphatic heterocycles. The predicted molar refractivity (Wildman–Crippen MR) is 62.1 cm³/mol. The highest BCUT2D eigenvalue weighted by molar-refractivity contribution is 6.30. The fraction of sp³-hybridized carbons (Fsp3) is 0.250. The number of rotatable bonds is 3. The largest absolute Gasteiger partial charge is 0.463 e. The molecule has 0 fully saturated rings. The van der Waals surface area contributed by atoms with Gasteiger partial charge in [-0.05, 0) is 24.6 Å². The lowest BCUT2D eigenvalue weighted by Gasteiger charge is -2.11. The lowest BCUT2D eigenvalue weighted by molar-refractivity contribution is -0.137. The van der Waals surface area contributed by atoms with E-state index in [4.69, 9.17) is 11.6 Å². The molecule has 1 aromatic rings. The summed E-state index contributed by atoms with van der Waals surface area (Å²) in [6, 6.07) is 5.03. The third kappa shape index (κ3) is 4.07. The normalized spacial score (nSPS) is 12.4. The van der Waals surface area contributed by atoms with E-state index in [-0.39, 0.29) is 12.2 Å². The number of allylic oxidation sites excluding steroid dienone is 1. The molecule has 0 bridgehead atoms. The minimum absolute atomic E-state index is 0.0150. The SMILES string of the molecule is CCOC(=O)/C=C(\c1ccc(Cl)cc1)C(F)(F)F. The van der Waals surface area contributed by atoms with Gasteiger partial charge in [-0.25, -0.2) is 4.79 Å². The van der Waals surface area contributed by atoms with Crippen molar-refractivity contribution in [2.24, 2.45) is 0 Å². The van der Waals surface area contributed by atoms with Crippen molar-refractivity contribution in [1.82, 2.24) is 0 Å². The Morgan fingerprint density at radius 3 is 2.33 bits per heavy atom. The van der Waals surface area contributed by atoms with Crippen LogP contribution >= 0.6 is 11.6 Å². The summed E-state index contributed by atoms with van der Waals surface area (Å²) in [4.78, 5) is 11.1. The molecular formula is C12H10ClF3O2. The van der Waals surface area contributed by atoms with Crippen molar-refractivity contribution in [3.8, 4) is 0 Å². The summed E-state index contributed by atoms with van der Waals surface area (Å²) >= 11 is 5.59. The molecule has 18 heavy (non-hydrogen) atoms. The average molecular weight is 279 g/mol. The molecule has 0 aromatic heterocycles. The molecule has 98 valence electrons. The number of ether oxygens (including phenoxy) is 1. The van der Waals surface area contributed by atoms with Gasteiger partial charge < -0.3 is 4.74 Å². The van der Waals surface area contributed by atoms with Gasteiger partial charge in [0.1, 0.15) is 0 Å². The average Bonchev–Trinajstić information content (AvgIpc) is 2.26. The Labute approximate surface area is 107 Å². The van der Waals surface area contributed by atoms with Gasteiger partial charge in [0.2, 0.25) is 0 Å². The van der Waals surface area contributed by atoms with Crippen LogP contribution < -0.4 is 0 Å². The van der Waals surface area contributed by atoms with Crippen LogP contribution in [-0.4, -0.2) is 18.8 Å². The van der Waals surface area contributed by atoms with E-state index in [0.29, 0.717) is 11.1 Å². The highest BCUT2D eigenvalue weighted by atomic mass is 35.5. The monoisotopic (exact) mass is 278 g/mol. The zero-order chi connectivity index (χ0) is 13.8. The first-order chi connectivity index (χ1) is 8.34. The predicted octanol–water partition coefficient (Wildman–Crippen LogP) is 3.85. The van der Waals surface area contributed by atoms with E-state index >= 15 is 0 Å². The molecule has 0 radical (unpaired) electrons. The van der Waals surface area contributed by atoms with Crippen molar-refractivity contribution in [2.75, 3.05) is 6.61 Å². The number of esters is 1. The number of carbonyl (C=O) groups is 1. The first-order valence-corrected chi connectivity index (χ1v) is 5.44. The highest BCUT2D eigenvalue weighted by Gasteiger charge is 2.35. The molecular weight excluding hydrogens is 269 g/mol. The van der Waals surface area contributed by atoms with Crippen LogP contribution in [0.25, 0.3) is 5.57 Å². The van der Waals surface area contributed by atoms with E-state index < -0.39 is 17.7 Å². The second-order valence-electron chi connectivity index (χ2n) is 3.31. The Kier molecular flexibility index (Phi) is 4.78. The van der Waals surface area contributed by atoms with E-state index in [2.05, 4.69) is 4.74 Å². The van der Waals surface area contributed by atoms with Crippen molar-refractivity contribution < 1.29 is 22.7 Å².